The number of non-ortho nitro benzene ring substituents is 1. The van der Waals surface area contributed by atoms with Gasteiger partial charge in [0, 0.05) is 37.0 Å². The quantitative estimate of drug-likeness (QED) is 0.115. The molecule has 12 heteroatoms. The zero-order valence-corrected chi connectivity index (χ0v) is 27.6. The van der Waals surface area contributed by atoms with E-state index in [1.165, 1.54) is 35.7 Å². The lowest BCUT2D eigenvalue weighted by molar-refractivity contribution is -0.384. The summed E-state index contributed by atoms with van der Waals surface area (Å²) in [5.41, 5.74) is 1.95. The Bertz CT molecular complexity index is 1430. The van der Waals surface area contributed by atoms with Crippen LogP contribution in [0, 0.1) is 16.0 Å². The van der Waals surface area contributed by atoms with Gasteiger partial charge < -0.3 is 15.7 Å². The van der Waals surface area contributed by atoms with Crippen molar-refractivity contribution in [2.24, 2.45) is 5.92 Å². The van der Waals surface area contributed by atoms with Crippen LogP contribution in [0.5, 0.6) is 0 Å². The Labute approximate surface area is 272 Å². The maximum atomic E-state index is 13.2. The van der Waals surface area contributed by atoms with E-state index < -0.39 is 16.9 Å². The van der Waals surface area contributed by atoms with Crippen molar-refractivity contribution < 1.29 is 24.4 Å². The molecule has 1 unspecified atom stereocenters. The average Bonchev–Trinajstić information content (AvgIpc) is 3.02. The number of carboxylic acids is 1. The number of carbonyl (C=O) groups is 3. The van der Waals surface area contributed by atoms with Crippen LogP contribution in [-0.2, 0) is 26.7 Å². The van der Waals surface area contributed by atoms with Crippen LogP contribution >= 0.6 is 23.5 Å². The molecule has 0 aliphatic heterocycles. The average molecular weight is 655 g/mol. The minimum atomic E-state index is -1.06. The van der Waals surface area contributed by atoms with Gasteiger partial charge in [0.15, 0.2) is 0 Å². The van der Waals surface area contributed by atoms with Crippen molar-refractivity contribution >= 4 is 57.8 Å². The largest absolute Gasteiger partial charge is 0.480 e. The number of rotatable bonds is 19. The first-order valence-corrected chi connectivity index (χ1v) is 17.5. The second-order valence-electron chi connectivity index (χ2n) is 11.0. The topological polar surface area (TPSA) is 142 Å². The predicted molar refractivity (Wildman–Crippen MR) is 182 cm³/mol. The first-order chi connectivity index (χ1) is 21.6. The number of carbonyl (C=O) groups excluding carboxylic acids is 2. The van der Waals surface area contributed by atoms with Gasteiger partial charge in [-0.25, -0.2) is 4.79 Å². The number of benzene rings is 3. The standard InChI is InChI=1S/C33H42N4O6S2/c1-4-23(2)30(35-32(39)22-45-21-24-12-14-27(15-13-24)37(42)43)19-36(20-31(38)34-29(33(40)41)16-17-44-3)18-26-10-7-9-25-8-5-6-11-28(25)26/h5-15,23,29-30H,4,16-22H2,1-3H3,(H,34,38)(H,35,39)(H,40,41)/t23?,29-,30+/m0/s1. The molecular weight excluding hydrogens is 613 g/mol. The van der Waals surface area contributed by atoms with Crippen molar-refractivity contribution in [3.8, 4) is 0 Å². The van der Waals surface area contributed by atoms with E-state index in [0.29, 0.717) is 31.0 Å². The highest BCUT2D eigenvalue weighted by Crippen LogP contribution is 2.22. The van der Waals surface area contributed by atoms with Crippen LogP contribution < -0.4 is 10.6 Å². The number of nitro groups is 1. The number of thioether (sulfide) groups is 2. The molecule has 0 saturated carbocycles. The second-order valence-corrected chi connectivity index (χ2v) is 13.0. The lowest BCUT2D eigenvalue weighted by Gasteiger charge is -2.31. The molecule has 0 fully saturated rings. The van der Waals surface area contributed by atoms with E-state index in [1.54, 1.807) is 12.1 Å². The third-order valence-corrected chi connectivity index (χ3v) is 9.31. The molecule has 10 nitrogen and oxygen atoms in total. The number of nitro benzene ring substituents is 1. The summed E-state index contributed by atoms with van der Waals surface area (Å²) in [6, 6.07) is 19.1. The monoisotopic (exact) mass is 654 g/mol. The Morgan fingerprint density at radius 2 is 1.71 bits per heavy atom. The zero-order chi connectivity index (χ0) is 32.8. The van der Waals surface area contributed by atoms with Crippen molar-refractivity contribution in [3.05, 3.63) is 88.0 Å². The maximum absolute atomic E-state index is 13.2. The van der Waals surface area contributed by atoms with E-state index in [4.69, 9.17) is 0 Å². The summed E-state index contributed by atoms with van der Waals surface area (Å²) < 4.78 is 0. The van der Waals surface area contributed by atoms with Crippen molar-refractivity contribution in [2.75, 3.05) is 30.9 Å². The molecule has 3 atom stereocenters. The third kappa shape index (κ3) is 11.7. The Balaban J connectivity index is 1.73. The SMILES string of the molecule is CCC(C)[C@@H](CN(CC(=O)N[C@@H](CCSC)C(=O)O)Cc1cccc2ccccc12)NC(=O)CSCc1ccc([N+](=O)[O-])cc1. The summed E-state index contributed by atoms with van der Waals surface area (Å²) in [7, 11) is 0. The van der Waals surface area contributed by atoms with Crippen LogP contribution in [0.25, 0.3) is 10.8 Å². The summed E-state index contributed by atoms with van der Waals surface area (Å²) in [6.07, 6.45) is 3.03. The van der Waals surface area contributed by atoms with Gasteiger partial charge in [-0.1, -0.05) is 74.9 Å². The lowest BCUT2D eigenvalue weighted by Crippen LogP contribution is -2.51. The second kappa shape index (κ2) is 18.4. The highest BCUT2D eigenvalue weighted by atomic mass is 32.2. The van der Waals surface area contributed by atoms with Crippen LogP contribution in [-0.4, -0.2) is 75.6 Å². The first kappa shape index (κ1) is 35.9. The van der Waals surface area contributed by atoms with Gasteiger partial charge >= 0.3 is 5.97 Å². The molecule has 0 heterocycles. The summed E-state index contributed by atoms with van der Waals surface area (Å²) in [6.45, 7) is 4.93. The number of aliphatic carboxylic acids is 1. The molecule has 3 aromatic carbocycles. The van der Waals surface area contributed by atoms with E-state index >= 15 is 0 Å². The smallest absolute Gasteiger partial charge is 0.326 e. The summed E-state index contributed by atoms with van der Waals surface area (Å²) in [5.74, 6) is -0.103. The number of hydrogen-bond donors (Lipinski definition) is 3. The normalized spacial score (nSPS) is 13.2. The molecule has 0 saturated heterocycles. The molecule has 45 heavy (non-hydrogen) atoms. The number of amides is 2. The fourth-order valence-electron chi connectivity index (χ4n) is 4.95. The highest BCUT2D eigenvalue weighted by Gasteiger charge is 2.25. The third-order valence-electron chi connectivity index (χ3n) is 7.67. The number of hydrogen-bond acceptors (Lipinski definition) is 8. The van der Waals surface area contributed by atoms with Crippen molar-refractivity contribution in [3.63, 3.8) is 0 Å². The molecule has 0 radical (unpaired) electrons. The first-order valence-electron chi connectivity index (χ1n) is 14.9. The molecule has 0 aliphatic carbocycles. The molecule has 0 aliphatic rings. The van der Waals surface area contributed by atoms with Gasteiger partial charge in [-0.2, -0.15) is 11.8 Å². The minimum absolute atomic E-state index is 0.0238. The van der Waals surface area contributed by atoms with Gasteiger partial charge in [-0.15, -0.1) is 11.8 Å². The fourth-order valence-corrected chi connectivity index (χ4v) is 6.22. The molecule has 2 amide bonds. The maximum Gasteiger partial charge on any atom is 0.326 e. The van der Waals surface area contributed by atoms with Gasteiger partial charge in [-0.3, -0.25) is 24.6 Å². The molecular formula is C33H42N4O6S2. The van der Waals surface area contributed by atoms with E-state index in [9.17, 15) is 29.6 Å². The zero-order valence-electron chi connectivity index (χ0n) is 25.9. The molecule has 0 spiro atoms. The molecule has 242 valence electrons. The number of nitrogens with zero attached hydrogens (tertiary/aromatic N) is 2. The number of nitrogens with one attached hydrogen (secondary N) is 2. The molecule has 3 rings (SSSR count). The Hall–Kier alpha value is -3.61. The van der Waals surface area contributed by atoms with E-state index in [0.717, 1.165) is 28.3 Å². The van der Waals surface area contributed by atoms with Crippen LogP contribution in [0.1, 0.15) is 37.8 Å². The van der Waals surface area contributed by atoms with Crippen LogP contribution in [0.4, 0.5) is 5.69 Å². The van der Waals surface area contributed by atoms with Crippen LogP contribution in [0.2, 0.25) is 0 Å². The molecule has 3 aromatic rings. The predicted octanol–water partition coefficient (Wildman–Crippen LogP) is 5.34. The van der Waals surface area contributed by atoms with Gasteiger partial charge in [0.2, 0.25) is 11.8 Å². The molecule has 3 N–H and O–H groups in total. The number of fused-ring (bicyclic) bond motifs is 1. The van der Waals surface area contributed by atoms with E-state index in [1.807, 2.05) is 53.6 Å². The Morgan fingerprint density at radius 1 is 1.00 bits per heavy atom. The van der Waals surface area contributed by atoms with Gasteiger partial charge in [-0.05, 0) is 46.2 Å². The lowest BCUT2D eigenvalue weighted by atomic mass is 9.97. The summed E-state index contributed by atoms with van der Waals surface area (Å²) >= 11 is 2.95. The van der Waals surface area contributed by atoms with E-state index in [-0.39, 0.29) is 41.8 Å². The minimum Gasteiger partial charge on any atom is -0.480 e. The molecule has 0 bridgehead atoms. The number of carboxylic acid groups (broad SMARTS) is 1. The highest BCUT2D eigenvalue weighted by molar-refractivity contribution is 7.99. The Morgan fingerprint density at radius 3 is 2.38 bits per heavy atom. The van der Waals surface area contributed by atoms with Gasteiger partial charge in [0.1, 0.15) is 6.04 Å². The van der Waals surface area contributed by atoms with Gasteiger partial charge in [0.25, 0.3) is 5.69 Å². The van der Waals surface area contributed by atoms with Crippen LogP contribution in [0.3, 0.4) is 0 Å². The van der Waals surface area contributed by atoms with Gasteiger partial charge in [0.05, 0.1) is 17.2 Å². The summed E-state index contributed by atoms with van der Waals surface area (Å²) in [4.78, 5) is 50.5. The Kier molecular flexibility index (Phi) is 14.6. The summed E-state index contributed by atoms with van der Waals surface area (Å²) in [5, 5.41) is 28.6. The van der Waals surface area contributed by atoms with Crippen molar-refractivity contribution in [1.82, 2.24) is 15.5 Å². The van der Waals surface area contributed by atoms with Crippen molar-refractivity contribution in [1.29, 1.82) is 0 Å². The van der Waals surface area contributed by atoms with Crippen molar-refractivity contribution in [2.45, 2.75) is 51.1 Å². The van der Waals surface area contributed by atoms with E-state index in [2.05, 4.69) is 24.5 Å². The molecule has 0 aromatic heterocycles. The van der Waals surface area contributed by atoms with Crippen LogP contribution in [0.15, 0.2) is 66.7 Å². The fraction of sp³-hybridized carbons (Fsp3) is 0.424.